The first-order valence-corrected chi connectivity index (χ1v) is 9.80. The molecule has 0 atom stereocenters. The van der Waals surface area contributed by atoms with Crippen LogP contribution in [0.2, 0.25) is 0 Å². The zero-order valence-electron chi connectivity index (χ0n) is 16.1. The Morgan fingerprint density at radius 1 is 1.33 bits per heavy atom. The van der Waals surface area contributed by atoms with E-state index in [1.54, 1.807) is 9.58 Å². The summed E-state index contributed by atoms with van der Waals surface area (Å²) < 4.78 is 12.9. The van der Waals surface area contributed by atoms with Crippen molar-refractivity contribution < 1.29 is 14.1 Å². The fraction of sp³-hybridized carbons (Fsp3) is 0.684. The third-order valence-electron chi connectivity index (χ3n) is 5.63. The number of carbonyl (C=O) groups is 1. The normalized spacial score (nSPS) is 18.2. The minimum Gasteiger partial charge on any atom is -0.381 e. The summed E-state index contributed by atoms with van der Waals surface area (Å²) >= 11 is 0. The molecule has 27 heavy (non-hydrogen) atoms. The summed E-state index contributed by atoms with van der Waals surface area (Å²) in [5.41, 5.74) is 1.45. The Kier molecular flexibility index (Phi) is 5.24. The lowest BCUT2D eigenvalue weighted by molar-refractivity contribution is 0.0562. The van der Waals surface area contributed by atoms with Gasteiger partial charge in [0.1, 0.15) is 0 Å². The summed E-state index contributed by atoms with van der Waals surface area (Å²) in [5, 5.41) is 8.29. The fourth-order valence-corrected chi connectivity index (χ4v) is 3.75. The van der Waals surface area contributed by atoms with Crippen LogP contribution in [-0.2, 0) is 18.2 Å². The maximum absolute atomic E-state index is 12.4. The number of hydrogen-bond donors (Lipinski definition) is 0. The van der Waals surface area contributed by atoms with E-state index in [-0.39, 0.29) is 11.8 Å². The Bertz CT molecular complexity index is 768. The quantitative estimate of drug-likeness (QED) is 0.691. The molecule has 2 aromatic heterocycles. The van der Waals surface area contributed by atoms with Crippen LogP contribution >= 0.6 is 0 Å². The van der Waals surface area contributed by atoms with Crippen molar-refractivity contribution in [3.8, 4) is 0 Å². The van der Waals surface area contributed by atoms with Gasteiger partial charge < -0.3 is 14.2 Å². The van der Waals surface area contributed by atoms with Gasteiger partial charge in [0, 0.05) is 38.9 Å². The highest BCUT2D eigenvalue weighted by molar-refractivity contribution is 5.93. The van der Waals surface area contributed by atoms with Gasteiger partial charge in [0.25, 0.3) is 5.91 Å². The van der Waals surface area contributed by atoms with Gasteiger partial charge in [-0.05, 0) is 31.7 Å². The third-order valence-corrected chi connectivity index (χ3v) is 5.63. The topological polar surface area (TPSA) is 86.3 Å². The SMILES string of the molecule is Cc1cc(C(=O)N2CC(c3nc(CCOCC4CCCC4)no3)C2)nn1C. The van der Waals surface area contributed by atoms with E-state index in [1.807, 2.05) is 20.0 Å². The molecule has 146 valence electrons. The van der Waals surface area contributed by atoms with Gasteiger partial charge in [-0.3, -0.25) is 9.48 Å². The second-order valence-corrected chi connectivity index (χ2v) is 7.73. The smallest absolute Gasteiger partial charge is 0.274 e. The number of rotatable bonds is 7. The predicted octanol–water partition coefficient (Wildman–Crippen LogP) is 2.10. The lowest BCUT2D eigenvalue weighted by atomic mass is 9.99. The lowest BCUT2D eigenvalue weighted by Crippen LogP contribution is -2.48. The van der Waals surface area contributed by atoms with Gasteiger partial charge in [-0.15, -0.1) is 0 Å². The lowest BCUT2D eigenvalue weighted by Gasteiger charge is -2.36. The van der Waals surface area contributed by atoms with Gasteiger partial charge in [0.2, 0.25) is 5.89 Å². The number of amides is 1. The summed E-state index contributed by atoms with van der Waals surface area (Å²) in [6.45, 7) is 4.59. The minimum absolute atomic E-state index is 0.0463. The number of nitrogens with zero attached hydrogens (tertiary/aromatic N) is 5. The molecule has 3 heterocycles. The standard InChI is InChI=1S/C19H27N5O3/c1-13-9-16(21-23(13)2)19(25)24-10-15(11-24)18-20-17(22-27-18)7-8-26-12-14-5-3-4-6-14/h9,14-15H,3-8,10-12H2,1-2H3. The van der Waals surface area contributed by atoms with Crippen molar-refractivity contribution in [1.29, 1.82) is 0 Å². The average Bonchev–Trinajstić information content (AvgIpc) is 3.34. The van der Waals surface area contributed by atoms with Crippen LogP contribution in [-0.4, -0.2) is 57.0 Å². The van der Waals surface area contributed by atoms with Crippen LogP contribution in [0.15, 0.2) is 10.6 Å². The van der Waals surface area contributed by atoms with Gasteiger partial charge in [0.05, 0.1) is 12.5 Å². The Hall–Kier alpha value is -2.22. The number of carbonyl (C=O) groups excluding carboxylic acids is 1. The number of hydrogen-bond acceptors (Lipinski definition) is 6. The third kappa shape index (κ3) is 4.05. The van der Waals surface area contributed by atoms with Crippen LogP contribution in [0.1, 0.15) is 59.5 Å². The first kappa shape index (κ1) is 18.2. The van der Waals surface area contributed by atoms with Crippen molar-refractivity contribution in [1.82, 2.24) is 24.8 Å². The van der Waals surface area contributed by atoms with E-state index >= 15 is 0 Å². The zero-order chi connectivity index (χ0) is 18.8. The van der Waals surface area contributed by atoms with E-state index in [4.69, 9.17) is 9.26 Å². The molecule has 0 radical (unpaired) electrons. The predicted molar refractivity (Wildman–Crippen MR) is 97.4 cm³/mol. The van der Waals surface area contributed by atoms with E-state index in [2.05, 4.69) is 15.2 Å². The zero-order valence-corrected chi connectivity index (χ0v) is 16.1. The maximum atomic E-state index is 12.4. The van der Waals surface area contributed by atoms with Crippen LogP contribution in [0, 0.1) is 12.8 Å². The molecule has 1 aliphatic carbocycles. The summed E-state index contributed by atoms with van der Waals surface area (Å²) in [4.78, 5) is 18.7. The molecule has 0 unspecified atom stereocenters. The van der Waals surface area contributed by atoms with Crippen LogP contribution < -0.4 is 0 Å². The molecule has 8 nitrogen and oxygen atoms in total. The molecule has 4 rings (SSSR count). The minimum atomic E-state index is -0.0463. The number of likely N-dealkylation sites (tertiary alicyclic amines) is 1. The first-order chi connectivity index (χ1) is 13.1. The monoisotopic (exact) mass is 373 g/mol. The van der Waals surface area contributed by atoms with E-state index < -0.39 is 0 Å². The fourth-order valence-electron chi connectivity index (χ4n) is 3.75. The Balaban J connectivity index is 1.21. The molecule has 1 amide bonds. The van der Waals surface area contributed by atoms with Crippen LogP contribution in [0.25, 0.3) is 0 Å². The van der Waals surface area contributed by atoms with Gasteiger partial charge in [-0.2, -0.15) is 10.1 Å². The van der Waals surface area contributed by atoms with Gasteiger partial charge in [-0.25, -0.2) is 0 Å². The molecule has 1 saturated heterocycles. The Morgan fingerprint density at radius 3 is 2.81 bits per heavy atom. The summed E-state index contributed by atoms with van der Waals surface area (Å²) in [5.74, 6) is 2.09. The second kappa shape index (κ2) is 7.80. The van der Waals surface area contributed by atoms with Crippen LogP contribution in [0.5, 0.6) is 0 Å². The van der Waals surface area contributed by atoms with Crippen molar-refractivity contribution in [2.24, 2.45) is 13.0 Å². The molecule has 1 saturated carbocycles. The molecule has 1 aliphatic heterocycles. The molecule has 0 bridgehead atoms. The molecule has 2 fully saturated rings. The molecule has 2 aromatic rings. The summed E-state index contributed by atoms with van der Waals surface area (Å²) in [7, 11) is 1.84. The van der Waals surface area contributed by atoms with E-state index in [0.29, 0.717) is 43.5 Å². The highest BCUT2D eigenvalue weighted by Gasteiger charge is 2.36. The molecule has 0 spiro atoms. The van der Waals surface area contributed by atoms with Crippen molar-refractivity contribution >= 4 is 5.91 Å². The number of aryl methyl sites for hydroxylation is 2. The molecular weight excluding hydrogens is 346 g/mol. The molecule has 0 aromatic carbocycles. The van der Waals surface area contributed by atoms with E-state index in [0.717, 1.165) is 18.2 Å². The Labute approximate surface area is 158 Å². The van der Waals surface area contributed by atoms with Gasteiger partial charge in [-0.1, -0.05) is 18.0 Å². The summed E-state index contributed by atoms with van der Waals surface area (Å²) in [6, 6.07) is 1.81. The summed E-state index contributed by atoms with van der Waals surface area (Å²) in [6.07, 6.45) is 5.92. The van der Waals surface area contributed by atoms with E-state index in [1.165, 1.54) is 25.7 Å². The number of aromatic nitrogens is 4. The molecular formula is C19H27N5O3. The van der Waals surface area contributed by atoms with Crippen LogP contribution in [0.3, 0.4) is 0 Å². The highest BCUT2D eigenvalue weighted by atomic mass is 16.5. The molecule has 2 aliphatic rings. The molecule has 8 heteroatoms. The average molecular weight is 373 g/mol. The van der Waals surface area contributed by atoms with Crippen molar-refractivity contribution in [2.75, 3.05) is 26.3 Å². The first-order valence-electron chi connectivity index (χ1n) is 9.80. The van der Waals surface area contributed by atoms with Gasteiger partial charge >= 0.3 is 0 Å². The maximum Gasteiger partial charge on any atom is 0.274 e. The van der Waals surface area contributed by atoms with Crippen molar-refractivity contribution in [3.05, 3.63) is 29.2 Å². The largest absolute Gasteiger partial charge is 0.381 e. The Morgan fingerprint density at radius 2 is 2.11 bits per heavy atom. The highest BCUT2D eigenvalue weighted by Crippen LogP contribution is 2.27. The van der Waals surface area contributed by atoms with Crippen LogP contribution in [0.4, 0.5) is 0 Å². The van der Waals surface area contributed by atoms with E-state index in [9.17, 15) is 4.79 Å². The van der Waals surface area contributed by atoms with Gasteiger partial charge in [0.15, 0.2) is 11.5 Å². The van der Waals surface area contributed by atoms with Crippen molar-refractivity contribution in [3.63, 3.8) is 0 Å². The number of ether oxygens (including phenoxy) is 1. The second-order valence-electron chi connectivity index (χ2n) is 7.73. The molecule has 0 N–H and O–H groups in total. The van der Waals surface area contributed by atoms with Crippen molar-refractivity contribution in [2.45, 2.75) is 44.9 Å².